The van der Waals surface area contributed by atoms with Gasteiger partial charge in [0.1, 0.15) is 5.76 Å². The molecule has 2 aliphatic rings. The third-order valence-electron chi connectivity index (χ3n) is 4.99. The summed E-state index contributed by atoms with van der Waals surface area (Å²) in [5, 5.41) is 0. The monoisotopic (exact) mass is 351 g/mol. The van der Waals surface area contributed by atoms with Crippen LogP contribution in [-0.4, -0.2) is 43.9 Å². The van der Waals surface area contributed by atoms with Gasteiger partial charge in [-0.3, -0.25) is 4.90 Å². The Labute approximate surface area is 157 Å². The number of hydrogen-bond donors (Lipinski definition) is 0. The normalized spacial score (nSPS) is 22.8. The van der Waals surface area contributed by atoms with Gasteiger partial charge in [-0.15, -0.1) is 0 Å². The van der Waals surface area contributed by atoms with E-state index in [9.17, 15) is 0 Å². The first-order chi connectivity index (χ1) is 12.7. The lowest BCUT2D eigenvalue weighted by Gasteiger charge is -2.35. The highest BCUT2D eigenvalue weighted by Crippen LogP contribution is 2.41. The molecule has 0 radical (unpaired) electrons. The molecule has 0 amide bonds. The number of morpholine rings is 1. The van der Waals surface area contributed by atoms with Crippen molar-refractivity contribution in [2.75, 3.05) is 32.9 Å². The van der Waals surface area contributed by atoms with Crippen LogP contribution in [0.15, 0.2) is 71.5 Å². The van der Waals surface area contributed by atoms with E-state index in [1.807, 2.05) is 19.1 Å². The Morgan fingerprint density at radius 3 is 2.50 bits per heavy atom. The molecule has 1 saturated heterocycles. The molecular weight excluding hydrogens is 322 g/mol. The Balaban J connectivity index is 2.18. The van der Waals surface area contributed by atoms with E-state index in [1.165, 1.54) is 22.3 Å². The number of benzene rings is 1. The summed E-state index contributed by atoms with van der Waals surface area (Å²) in [4.78, 5) is 2.51. The highest BCUT2D eigenvalue weighted by atomic mass is 16.5. The van der Waals surface area contributed by atoms with Crippen molar-refractivity contribution in [1.82, 2.24) is 4.90 Å². The van der Waals surface area contributed by atoms with Gasteiger partial charge < -0.3 is 9.47 Å². The topological polar surface area (TPSA) is 21.7 Å². The molecule has 1 fully saturated rings. The van der Waals surface area contributed by atoms with E-state index in [0.717, 1.165) is 37.6 Å². The van der Waals surface area contributed by atoms with Crippen LogP contribution in [0.25, 0.3) is 5.57 Å². The Hall–Kier alpha value is -2.10. The van der Waals surface area contributed by atoms with E-state index in [0.29, 0.717) is 6.61 Å². The molecule has 3 heteroatoms. The summed E-state index contributed by atoms with van der Waals surface area (Å²) in [5.41, 5.74) is 6.21. The van der Waals surface area contributed by atoms with E-state index < -0.39 is 0 Å². The van der Waals surface area contributed by atoms with Gasteiger partial charge in [0.2, 0.25) is 0 Å². The minimum absolute atomic E-state index is 0.193. The molecule has 1 atom stereocenters. The number of ether oxygens (including phenoxy) is 2. The minimum atomic E-state index is 0.193. The molecule has 1 aliphatic carbocycles. The van der Waals surface area contributed by atoms with E-state index in [4.69, 9.17) is 9.47 Å². The van der Waals surface area contributed by atoms with Crippen molar-refractivity contribution in [3.8, 4) is 0 Å². The predicted molar refractivity (Wildman–Crippen MR) is 108 cm³/mol. The second kappa shape index (κ2) is 8.52. The average molecular weight is 351 g/mol. The van der Waals surface area contributed by atoms with Crippen LogP contribution >= 0.6 is 0 Å². The summed E-state index contributed by atoms with van der Waals surface area (Å²) in [5.74, 6) is 0.971. The highest BCUT2D eigenvalue weighted by Gasteiger charge is 2.36. The maximum atomic E-state index is 6.08. The molecule has 0 aromatic heterocycles. The van der Waals surface area contributed by atoms with Crippen LogP contribution in [-0.2, 0) is 9.47 Å². The molecule has 1 heterocycles. The SMILES string of the molecule is C=C/C(=C1/C(OCC)=CC(=C(C)C)C1N1CCOCC1)c1ccccc1. The fourth-order valence-electron chi connectivity index (χ4n) is 3.78. The van der Waals surface area contributed by atoms with E-state index in [-0.39, 0.29) is 6.04 Å². The minimum Gasteiger partial charge on any atom is -0.493 e. The zero-order chi connectivity index (χ0) is 18.5. The van der Waals surface area contributed by atoms with Gasteiger partial charge in [0.15, 0.2) is 0 Å². The van der Waals surface area contributed by atoms with Crippen molar-refractivity contribution < 1.29 is 9.47 Å². The van der Waals surface area contributed by atoms with Crippen molar-refractivity contribution in [2.45, 2.75) is 26.8 Å². The summed E-state index contributed by atoms with van der Waals surface area (Å²) >= 11 is 0. The van der Waals surface area contributed by atoms with Crippen LogP contribution in [0.1, 0.15) is 26.3 Å². The molecule has 0 spiro atoms. The summed E-state index contributed by atoms with van der Waals surface area (Å²) in [7, 11) is 0. The molecule has 1 unspecified atom stereocenters. The zero-order valence-corrected chi connectivity index (χ0v) is 16.1. The largest absolute Gasteiger partial charge is 0.493 e. The third-order valence-corrected chi connectivity index (χ3v) is 4.99. The van der Waals surface area contributed by atoms with Crippen molar-refractivity contribution in [2.24, 2.45) is 0 Å². The highest BCUT2D eigenvalue weighted by molar-refractivity contribution is 5.82. The standard InChI is InChI=1S/C23H29NO2/c1-5-19(18-10-8-7-9-11-18)22-21(26-6-2)16-20(17(3)4)23(22)24-12-14-25-15-13-24/h5,7-11,16,23H,1,6,12-15H2,2-4H3/b22-19+. The zero-order valence-electron chi connectivity index (χ0n) is 16.1. The number of rotatable bonds is 5. The summed E-state index contributed by atoms with van der Waals surface area (Å²) in [6, 6.07) is 10.7. The van der Waals surface area contributed by atoms with Crippen LogP contribution in [0, 0.1) is 0 Å². The first kappa shape index (κ1) is 18.7. The van der Waals surface area contributed by atoms with Crippen molar-refractivity contribution >= 4 is 5.57 Å². The van der Waals surface area contributed by atoms with Crippen molar-refractivity contribution in [1.29, 1.82) is 0 Å². The van der Waals surface area contributed by atoms with Crippen LogP contribution in [0.3, 0.4) is 0 Å². The lowest BCUT2D eigenvalue weighted by molar-refractivity contribution is 0.0303. The van der Waals surface area contributed by atoms with Crippen LogP contribution < -0.4 is 0 Å². The van der Waals surface area contributed by atoms with E-state index in [1.54, 1.807) is 0 Å². The van der Waals surface area contributed by atoms with Crippen LogP contribution in [0.4, 0.5) is 0 Å². The number of nitrogens with zero attached hydrogens (tertiary/aromatic N) is 1. The smallest absolute Gasteiger partial charge is 0.125 e. The molecule has 3 nitrogen and oxygen atoms in total. The molecule has 0 bridgehead atoms. The fraction of sp³-hybridized carbons (Fsp3) is 0.391. The Kier molecular flexibility index (Phi) is 6.12. The van der Waals surface area contributed by atoms with E-state index >= 15 is 0 Å². The van der Waals surface area contributed by atoms with Crippen LogP contribution in [0.5, 0.6) is 0 Å². The summed E-state index contributed by atoms with van der Waals surface area (Å²) < 4.78 is 11.7. The third kappa shape index (κ3) is 3.69. The van der Waals surface area contributed by atoms with Crippen molar-refractivity contribution in [3.05, 3.63) is 77.1 Å². The maximum Gasteiger partial charge on any atom is 0.125 e. The van der Waals surface area contributed by atoms with Crippen LogP contribution in [0.2, 0.25) is 0 Å². The van der Waals surface area contributed by atoms with Gasteiger partial charge >= 0.3 is 0 Å². The van der Waals surface area contributed by atoms with Gasteiger partial charge in [-0.25, -0.2) is 0 Å². The fourth-order valence-corrected chi connectivity index (χ4v) is 3.78. The Bertz CT molecular complexity index is 733. The Morgan fingerprint density at radius 1 is 1.23 bits per heavy atom. The van der Waals surface area contributed by atoms with E-state index in [2.05, 4.69) is 55.7 Å². The van der Waals surface area contributed by atoms with Gasteiger partial charge in [-0.1, -0.05) is 48.6 Å². The maximum absolute atomic E-state index is 6.08. The number of allylic oxidation sites excluding steroid dienone is 3. The first-order valence-corrected chi connectivity index (χ1v) is 9.43. The molecule has 0 N–H and O–H groups in total. The average Bonchev–Trinajstić information content (AvgIpc) is 3.04. The summed E-state index contributed by atoms with van der Waals surface area (Å²) in [6.07, 6.45) is 4.19. The second-order valence-corrected chi connectivity index (χ2v) is 6.85. The molecule has 1 aliphatic heterocycles. The second-order valence-electron chi connectivity index (χ2n) is 6.85. The van der Waals surface area contributed by atoms with Gasteiger partial charge in [0, 0.05) is 18.7 Å². The summed E-state index contributed by atoms with van der Waals surface area (Å²) in [6.45, 7) is 14.6. The molecule has 1 aromatic rings. The quantitative estimate of drug-likeness (QED) is 0.774. The van der Waals surface area contributed by atoms with Gasteiger partial charge in [0.25, 0.3) is 0 Å². The van der Waals surface area contributed by atoms with Gasteiger partial charge in [0.05, 0.1) is 25.9 Å². The Morgan fingerprint density at radius 2 is 1.92 bits per heavy atom. The van der Waals surface area contributed by atoms with Crippen molar-refractivity contribution in [3.63, 3.8) is 0 Å². The lowest BCUT2D eigenvalue weighted by Crippen LogP contribution is -2.44. The molecule has 1 aromatic carbocycles. The van der Waals surface area contributed by atoms with Gasteiger partial charge in [-0.2, -0.15) is 0 Å². The molecule has 3 rings (SSSR count). The lowest BCUT2D eigenvalue weighted by atomic mass is 9.92. The van der Waals surface area contributed by atoms with Gasteiger partial charge in [-0.05, 0) is 43.6 Å². The first-order valence-electron chi connectivity index (χ1n) is 9.43. The molecule has 138 valence electrons. The predicted octanol–water partition coefficient (Wildman–Crippen LogP) is 4.60. The molecular formula is C23H29NO2. The molecule has 0 saturated carbocycles. The molecule has 26 heavy (non-hydrogen) atoms. The number of hydrogen-bond acceptors (Lipinski definition) is 3.